The van der Waals surface area contributed by atoms with Crippen molar-refractivity contribution in [3.05, 3.63) is 42.2 Å². The molecule has 1 fully saturated rings. The van der Waals surface area contributed by atoms with Crippen molar-refractivity contribution in [3.63, 3.8) is 0 Å². The minimum Gasteiger partial charge on any atom is -0.494 e. The molecule has 0 atom stereocenters. The fourth-order valence-electron chi connectivity index (χ4n) is 3.26. The highest BCUT2D eigenvalue weighted by atomic mass is 16.5. The molecule has 0 spiro atoms. The molecule has 2 N–H and O–H groups in total. The second-order valence-electron chi connectivity index (χ2n) is 6.64. The van der Waals surface area contributed by atoms with Gasteiger partial charge in [0.2, 0.25) is 5.91 Å². The highest BCUT2D eigenvalue weighted by Gasteiger charge is 2.19. The SMILES string of the molecule is COc1ccccc1-n1cc(CNC(=O)CN(C)C2CCNCC2)cn1. The van der Waals surface area contributed by atoms with Gasteiger partial charge in [-0.3, -0.25) is 9.69 Å². The molecule has 1 aliphatic heterocycles. The van der Waals surface area contributed by atoms with E-state index in [0.717, 1.165) is 42.9 Å². The van der Waals surface area contributed by atoms with Gasteiger partial charge >= 0.3 is 0 Å². The van der Waals surface area contributed by atoms with Crippen LogP contribution in [0.2, 0.25) is 0 Å². The van der Waals surface area contributed by atoms with E-state index in [-0.39, 0.29) is 5.91 Å². The van der Waals surface area contributed by atoms with E-state index in [2.05, 4.69) is 20.6 Å². The van der Waals surface area contributed by atoms with Gasteiger partial charge in [-0.15, -0.1) is 0 Å². The lowest BCUT2D eigenvalue weighted by Gasteiger charge is -2.31. The van der Waals surface area contributed by atoms with Crippen molar-refractivity contribution in [2.75, 3.05) is 33.8 Å². The number of benzene rings is 1. The molecule has 7 nitrogen and oxygen atoms in total. The van der Waals surface area contributed by atoms with Crippen molar-refractivity contribution in [2.45, 2.75) is 25.4 Å². The number of carbonyl (C=O) groups is 1. The maximum absolute atomic E-state index is 12.2. The molecular formula is C19H27N5O2. The summed E-state index contributed by atoms with van der Waals surface area (Å²) >= 11 is 0. The monoisotopic (exact) mass is 357 g/mol. The van der Waals surface area contributed by atoms with E-state index in [1.165, 1.54) is 0 Å². The molecule has 1 aliphatic rings. The predicted molar refractivity (Wildman–Crippen MR) is 100 cm³/mol. The van der Waals surface area contributed by atoms with E-state index >= 15 is 0 Å². The standard InChI is InChI=1S/C19H27N5O2/c1-23(16-7-9-20-10-8-16)14-19(25)21-11-15-12-22-24(13-15)17-5-3-4-6-18(17)26-2/h3-6,12-13,16,20H,7-11,14H2,1-2H3,(H,21,25). The fraction of sp³-hybridized carbons (Fsp3) is 0.474. The lowest BCUT2D eigenvalue weighted by atomic mass is 10.1. The topological polar surface area (TPSA) is 71.4 Å². The summed E-state index contributed by atoms with van der Waals surface area (Å²) in [5.41, 5.74) is 1.83. The number of likely N-dealkylation sites (N-methyl/N-ethyl adjacent to an activating group) is 1. The summed E-state index contributed by atoms with van der Waals surface area (Å²) in [5.74, 6) is 0.797. The molecule has 1 aromatic heterocycles. The van der Waals surface area contributed by atoms with Crippen LogP contribution in [0, 0.1) is 0 Å². The predicted octanol–water partition coefficient (Wildman–Crippen LogP) is 1.18. The number of piperidine rings is 1. The Kier molecular flexibility index (Phi) is 6.25. The van der Waals surface area contributed by atoms with Crippen LogP contribution in [0.25, 0.3) is 5.69 Å². The van der Waals surface area contributed by atoms with Crippen LogP contribution < -0.4 is 15.4 Å². The van der Waals surface area contributed by atoms with E-state index in [9.17, 15) is 4.79 Å². The number of hydrogen-bond acceptors (Lipinski definition) is 5. The van der Waals surface area contributed by atoms with Gasteiger partial charge in [0.1, 0.15) is 11.4 Å². The molecule has 2 heterocycles. The molecule has 7 heteroatoms. The molecule has 1 saturated heterocycles. The van der Waals surface area contributed by atoms with E-state index in [0.29, 0.717) is 19.1 Å². The van der Waals surface area contributed by atoms with Gasteiger partial charge in [-0.05, 0) is 45.1 Å². The number of amides is 1. The zero-order chi connectivity index (χ0) is 18.4. The molecule has 0 aliphatic carbocycles. The third kappa shape index (κ3) is 4.62. The third-order valence-corrected chi connectivity index (χ3v) is 4.78. The summed E-state index contributed by atoms with van der Waals surface area (Å²) in [5, 5.41) is 10.7. The van der Waals surface area contributed by atoms with E-state index in [1.807, 2.05) is 37.5 Å². The molecule has 1 amide bonds. The third-order valence-electron chi connectivity index (χ3n) is 4.78. The van der Waals surface area contributed by atoms with Crippen LogP contribution >= 0.6 is 0 Å². The second kappa shape index (κ2) is 8.82. The van der Waals surface area contributed by atoms with Crippen LogP contribution in [0.5, 0.6) is 5.75 Å². The molecule has 0 saturated carbocycles. The van der Waals surface area contributed by atoms with Crippen molar-refractivity contribution in [1.82, 2.24) is 25.3 Å². The average Bonchev–Trinajstić information content (AvgIpc) is 3.16. The number of hydrogen-bond donors (Lipinski definition) is 2. The Labute approximate surface area is 154 Å². The molecule has 3 rings (SSSR count). The number of methoxy groups -OCH3 is 1. The maximum atomic E-state index is 12.2. The van der Waals surface area contributed by atoms with Crippen molar-refractivity contribution in [2.24, 2.45) is 0 Å². The Morgan fingerprint density at radius 2 is 2.15 bits per heavy atom. The van der Waals surface area contributed by atoms with Gasteiger partial charge in [0.25, 0.3) is 0 Å². The summed E-state index contributed by atoms with van der Waals surface area (Å²) < 4.78 is 7.13. The van der Waals surface area contributed by atoms with Gasteiger partial charge in [0.05, 0.1) is 19.9 Å². The van der Waals surface area contributed by atoms with Crippen molar-refractivity contribution in [1.29, 1.82) is 0 Å². The molecule has 0 radical (unpaired) electrons. The van der Waals surface area contributed by atoms with Crippen molar-refractivity contribution < 1.29 is 9.53 Å². The van der Waals surface area contributed by atoms with Crippen molar-refractivity contribution >= 4 is 5.91 Å². The minimum atomic E-state index is 0.0380. The highest BCUT2D eigenvalue weighted by molar-refractivity contribution is 5.78. The van der Waals surface area contributed by atoms with E-state index in [1.54, 1.807) is 18.0 Å². The normalized spacial score (nSPS) is 15.2. The summed E-state index contributed by atoms with van der Waals surface area (Å²) in [6, 6.07) is 8.19. The molecular weight excluding hydrogens is 330 g/mol. The first kappa shape index (κ1) is 18.4. The van der Waals surface area contributed by atoms with Gasteiger partial charge in [-0.1, -0.05) is 12.1 Å². The molecule has 26 heavy (non-hydrogen) atoms. The Morgan fingerprint density at radius 1 is 1.38 bits per heavy atom. The number of nitrogens with zero attached hydrogens (tertiary/aromatic N) is 3. The van der Waals surface area contributed by atoms with Crippen LogP contribution in [0.1, 0.15) is 18.4 Å². The number of aromatic nitrogens is 2. The van der Waals surface area contributed by atoms with Gasteiger partial charge in [0.15, 0.2) is 0 Å². The minimum absolute atomic E-state index is 0.0380. The summed E-state index contributed by atoms with van der Waals surface area (Å²) in [6.45, 7) is 2.94. The zero-order valence-corrected chi connectivity index (χ0v) is 15.4. The van der Waals surface area contributed by atoms with Crippen LogP contribution in [-0.2, 0) is 11.3 Å². The molecule has 0 bridgehead atoms. The largest absolute Gasteiger partial charge is 0.494 e. The van der Waals surface area contributed by atoms with Gasteiger partial charge in [-0.25, -0.2) is 4.68 Å². The first-order chi connectivity index (χ1) is 12.7. The van der Waals surface area contributed by atoms with Crippen molar-refractivity contribution in [3.8, 4) is 11.4 Å². The number of nitrogens with one attached hydrogen (secondary N) is 2. The lowest BCUT2D eigenvalue weighted by molar-refractivity contribution is -0.122. The molecule has 0 unspecified atom stereocenters. The van der Waals surface area contributed by atoms with E-state index in [4.69, 9.17) is 4.74 Å². The second-order valence-corrected chi connectivity index (χ2v) is 6.64. The number of ether oxygens (including phenoxy) is 1. The Hall–Kier alpha value is -2.38. The van der Waals surface area contributed by atoms with Gasteiger partial charge < -0.3 is 15.4 Å². The Morgan fingerprint density at radius 3 is 2.92 bits per heavy atom. The van der Waals surface area contributed by atoms with Gasteiger partial charge in [-0.2, -0.15) is 5.10 Å². The van der Waals surface area contributed by atoms with Crippen LogP contribution in [-0.4, -0.2) is 60.4 Å². The van der Waals surface area contributed by atoms with Crippen LogP contribution in [0.4, 0.5) is 0 Å². The Balaban J connectivity index is 1.52. The Bertz CT molecular complexity index is 724. The average molecular weight is 357 g/mol. The first-order valence-corrected chi connectivity index (χ1v) is 9.02. The molecule has 140 valence electrons. The summed E-state index contributed by atoms with van der Waals surface area (Å²) in [4.78, 5) is 14.4. The van der Waals surface area contributed by atoms with Crippen LogP contribution in [0.15, 0.2) is 36.7 Å². The maximum Gasteiger partial charge on any atom is 0.234 e. The van der Waals surface area contributed by atoms with E-state index < -0.39 is 0 Å². The van der Waals surface area contributed by atoms with Gasteiger partial charge in [0, 0.05) is 24.3 Å². The smallest absolute Gasteiger partial charge is 0.234 e. The first-order valence-electron chi connectivity index (χ1n) is 9.02. The highest BCUT2D eigenvalue weighted by Crippen LogP contribution is 2.21. The zero-order valence-electron chi connectivity index (χ0n) is 15.4. The fourth-order valence-corrected chi connectivity index (χ4v) is 3.26. The molecule has 2 aromatic rings. The molecule has 1 aromatic carbocycles. The quantitative estimate of drug-likeness (QED) is 0.779. The number of rotatable bonds is 7. The number of para-hydroxylation sites is 2. The summed E-state index contributed by atoms with van der Waals surface area (Å²) in [7, 11) is 3.66. The lowest BCUT2D eigenvalue weighted by Crippen LogP contribution is -2.45. The number of carbonyl (C=O) groups excluding carboxylic acids is 1. The summed E-state index contributed by atoms with van der Waals surface area (Å²) in [6.07, 6.45) is 5.86. The van der Waals surface area contributed by atoms with Crippen LogP contribution in [0.3, 0.4) is 0 Å².